The van der Waals surface area contributed by atoms with Crippen molar-refractivity contribution < 1.29 is 23.8 Å². The third-order valence-electron chi connectivity index (χ3n) is 3.22. The van der Waals surface area contributed by atoms with E-state index < -0.39 is 11.6 Å². The van der Waals surface area contributed by atoms with Crippen LogP contribution < -0.4 is 0 Å². The van der Waals surface area contributed by atoms with Crippen LogP contribution >= 0.6 is 0 Å². The summed E-state index contributed by atoms with van der Waals surface area (Å²) >= 11 is 0. The van der Waals surface area contributed by atoms with Gasteiger partial charge in [0.1, 0.15) is 11.4 Å². The number of hydrogen-bond acceptors (Lipinski definition) is 5. The fourth-order valence-corrected chi connectivity index (χ4v) is 2.00. The van der Waals surface area contributed by atoms with Crippen LogP contribution in [0, 0.1) is 5.92 Å². The van der Waals surface area contributed by atoms with Crippen molar-refractivity contribution in [3.8, 4) is 0 Å². The Hall–Kier alpha value is -1.33. The van der Waals surface area contributed by atoms with Crippen LogP contribution in [0.4, 0.5) is 0 Å². The molecule has 2 atom stereocenters. The summed E-state index contributed by atoms with van der Waals surface area (Å²) in [5.41, 5.74) is -1.12. The molecule has 0 aliphatic carbocycles. The molecule has 1 aliphatic rings. The van der Waals surface area contributed by atoms with Crippen LogP contribution in [0.3, 0.4) is 0 Å². The zero-order chi connectivity index (χ0) is 12.5. The van der Waals surface area contributed by atoms with Gasteiger partial charge in [-0.15, -0.1) is 0 Å². The highest BCUT2D eigenvalue weighted by Gasteiger charge is 2.39. The highest BCUT2D eigenvalue weighted by Crippen LogP contribution is 2.35. The largest absolute Gasteiger partial charge is 0.463 e. The van der Waals surface area contributed by atoms with E-state index in [0.29, 0.717) is 19.0 Å². The maximum Gasteiger partial charge on any atom is 0.373 e. The average Bonchev–Trinajstić information content (AvgIpc) is 2.98. The Kier molecular flexibility index (Phi) is 3.22. The molecule has 2 unspecified atom stereocenters. The molecule has 94 valence electrons. The number of rotatable bonds is 3. The second-order valence-electron chi connectivity index (χ2n) is 4.36. The van der Waals surface area contributed by atoms with Crippen LogP contribution in [0.1, 0.15) is 29.7 Å². The first-order chi connectivity index (χ1) is 8.05. The maximum atomic E-state index is 11.3. The molecule has 1 aromatic rings. The minimum Gasteiger partial charge on any atom is -0.463 e. The molecular weight excluding hydrogens is 224 g/mol. The molecule has 0 aromatic carbocycles. The molecule has 5 heteroatoms. The van der Waals surface area contributed by atoms with E-state index in [9.17, 15) is 9.90 Å². The summed E-state index contributed by atoms with van der Waals surface area (Å²) in [5.74, 6) is -0.0936. The minimum atomic E-state index is -1.12. The number of carbonyl (C=O) groups is 1. The van der Waals surface area contributed by atoms with Gasteiger partial charge >= 0.3 is 5.97 Å². The first-order valence-electron chi connectivity index (χ1n) is 5.54. The molecular formula is C12H16O5. The van der Waals surface area contributed by atoms with Crippen LogP contribution in [0.5, 0.6) is 0 Å². The second-order valence-corrected chi connectivity index (χ2v) is 4.36. The Morgan fingerprint density at radius 2 is 2.35 bits per heavy atom. The Balaban J connectivity index is 2.20. The van der Waals surface area contributed by atoms with Crippen molar-refractivity contribution in [2.45, 2.75) is 18.9 Å². The summed E-state index contributed by atoms with van der Waals surface area (Å²) in [6.07, 6.45) is 0.779. The van der Waals surface area contributed by atoms with Crippen LogP contribution in [0.2, 0.25) is 0 Å². The van der Waals surface area contributed by atoms with E-state index in [1.807, 2.05) is 0 Å². The SMILES string of the molecule is COC(=O)c1ccc(C(C)(O)C2CCOC2)o1. The van der Waals surface area contributed by atoms with Gasteiger partial charge in [-0.1, -0.05) is 0 Å². The smallest absolute Gasteiger partial charge is 0.373 e. The van der Waals surface area contributed by atoms with Crippen molar-refractivity contribution in [1.82, 2.24) is 0 Å². The molecule has 1 saturated heterocycles. The predicted molar refractivity (Wildman–Crippen MR) is 58.5 cm³/mol. The highest BCUT2D eigenvalue weighted by atomic mass is 16.5. The first-order valence-corrected chi connectivity index (χ1v) is 5.54. The van der Waals surface area contributed by atoms with Crippen LogP contribution in [0.25, 0.3) is 0 Å². The Morgan fingerprint density at radius 3 is 2.94 bits per heavy atom. The van der Waals surface area contributed by atoms with E-state index in [1.54, 1.807) is 13.0 Å². The Labute approximate surface area is 99.3 Å². The summed E-state index contributed by atoms with van der Waals surface area (Å²) in [5, 5.41) is 10.4. The molecule has 0 saturated carbocycles. The van der Waals surface area contributed by atoms with E-state index in [4.69, 9.17) is 9.15 Å². The quantitative estimate of drug-likeness (QED) is 0.807. The molecule has 2 rings (SSSR count). The average molecular weight is 240 g/mol. The summed E-state index contributed by atoms with van der Waals surface area (Å²) < 4.78 is 15.1. The lowest BCUT2D eigenvalue weighted by Crippen LogP contribution is -2.31. The summed E-state index contributed by atoms with van der Waals surface area (Å²) in [7, 11) is 1.29. The Morgan fingerprint density at radius 1 is 1.59 bits per heavy atom. The lowest BCUT2D eigenvalue weighted by atomic mass is 9.86. The molecule has 0 radical (unpaired) electrons. The molecule has 0 amide bonds. The zero-order valence-electron chi connectivity index (χ0n) is 9.93. The number of ether oxygens (including phenoxy) is 2. The standard InChI is InChI=1S/C12H16O5/c1-12(14,8-5-6-16-7-8)10-4-3-9(17-10)11(13)15-2/h3-4,8,14H,5-7H2,1-2H3. The van der Waals surface area contributed by atoms with Crippen molar-refractivity contribution in [3.05, 3.63) is 23.7 Å². The van der Waals surface area contributed by atoms with Gasteiger partial charge in [0, 0.05) is 12.5 Å². The summed E-state index contributed by atoms with van der Waals surface area (Å²) in [4.78, 5) is 11.3. The molecule has 1 aromatic heterocycles. The van der Waals surface area contributed by atoms with Gasteiger partial charge in [0.2, 0.25) is 5.76 Å². The highest BCUT2D eigenvalue weighted by molar-refractivity contribution is 5.86. The number of aliphatic hydroxyl groups is 1. The molecule has 0 bridgehead atoms. The van der Waals surface area contributed by atoms with Crippen molar-refractivity contribution >= 4 is 5.97 Å². The molecule has 1 N–H and O–H groups in total. The monoisotopic (exact) mass is 240 g/mol. The van der Waals surface area contributed by atoms with Gasteiger partial charge in [-0.25, -0.2) is 4.79 Å². The van der Waals surface area contributed by atoms with Crippen molar-refractivity contribution in [2.24, 2.45) is 5.92 Å². The Bertz CT molecular complexity index is 401. The molecule has 1 fully saturated rings. The molecule has 2 heterocycles. The second kappa shape index (κ2) is 4.50. The van der Waals surface area contributed by atoms with E-state index in [-0.39, 0.29) is 11.7 Å². The third-order valence-corrected chi connectivity index (χ3v) is 3.22. The number of esters is 1. The van der Waals surface area contributed by atoms with Crippen LogP contribution in [0.15, 0.2) is 16.5 Å². The topological polar surface area (TPSA) is 68.9 Å². The van der Waals surface area contributed by atoms with Gasteiger partial charge in [-0.05, 0) is 25.5 Å². The van der Waals surface area contributed by atoms with Gasteiger partial charge < -0.3 is 19.0 Å². The van der Waals surface area contributed by atoms with Gasteiger partial charge in [-0.3, -0.25) is 0 Å². The fraction of sp³-hybridized carbons (Fsp3) is 0.583. The molecule has 0 spiro atoms. The molecule has 1 aliphatic heterocycles. The van der Waals surface area contributed by atoms with Crippen LogP contribution in [-0.2, 0) is 15.1 Å². The number of methoxy groups -OCH3 is 1. The lowest BCUT2D eigenvalue weighted by molar-refractivity contribution is -0.0286. The van der Waals surface area contributed by atoms with Crippen LogP contribution in [-0.4, -0.2) is 31.4 Å². The number of hydrogen-bond donors (Lipinski definition) is 1. The normalized spacial score (nSPS) is 23.4. The molecule has 17 heavy (non-hydrogen) atoms. The van der Waals surface area contributed by atoms with Gasteiger partial charge in [0.15, 0.2) is 0 Å². The summed E-state index contributed by atoms with van der Waals surface area (Å²) in [6, 6.07) is 3.11. The van der Waals surface area contributed by atoms with Crippen molar-refractivity contribution in [3.63, 3.8) is 0 Å². The minimum absolute atomic E-state index is 0.0147. The van der Waals surface area contributed by atoms with E-state index >= 15 is 0 Å². The molecule has 5 nitrogen and oxygen atoms in total. The zero-order valence-corrected chi connectivity index (χ0v) is 9.93. The first kappa shape index (κ1) is 12.1. The predicted octanol–water partition coefficient (Wildman–Crippen LogP) is 1.31. The van der Waals surface area contributed by atoms with Crippen molar-refractivity contribution in [1.29, 1.82) is 0 Å². The van der Waals surface area contributed by atoms with Gasteiger partial charge in [0.25, 0.3) is 0 Å². The van der Waals surface area contributed by atoms with Gasteiger partial charge in [0.05, 0.1) is 13.7 Å². The van der Waals surface area contributed by atoms with Gasteiger partial charge in [-0.2, -0.15) is 0 Å². The van der Waals surface area contributed by atoms with E-state index in [2.05, 4.69) is 4.74 Å². The van der Waals surface area contributed by atoms with Crippen molar-refractivity contribution in [2.75, 3.05) is 20.3 Å². The fourth-order valence-electron chi connectivity index (χ4n) is 2.00. The van der Waals surface area contributed by atoms with E-state index in [1.165, 1.54) is 13.2 Å². The maximum absolute atomic E-state index is 11.3. The number of furan rings is 1. The number of carbonyl (C=O) groups excluding carboxylic acids is 1. The summed E-state index contributed by atoms with van der Waals surface area (Å²) in [6.45, 7) is 2.82. The third kappa shape index (κ3) is 2.21. The lowest BCUT2D eigenvalue weighted by Gasteiger charge is -2.26. The van der Waals surface area contributed by atoms with E-state index in [0.717, 1.165) is 6.42 Å².